The number of hydrogen-bond donors (Lipinski definition) is 1. The molecule has 0 bridgehead atoms. The fourth-order valence-corrected chi connectivity index (χ4v) is 1.91. The monoisotopic (exact) mass is 259 g/mol. The van der Waals surface area contributed by atoms with Crippen LogP contribution in [0.15, 0.2) is 28.7 Å². The Balaban J connectivity index is 2.15. The third kappa shape index (κ3) is 3.41. The summed E-state index contributed by atoms with van der Waals surface area (Å²) in [4.78, 5) is 0. The van der Waals surface area contributed by atoms with Gasteiger partial charge in [0.25, 0.3) is 0 Å². The SMILES string of the molecule is CCCNC(CC)c1nnc(-c2ccc(C)cc2)o1. The molecule has 0 spiro atoms. The summed E-state index contributed by atoms with van der Waals surface area (Å²) in [6, 6.07) is 8.25. The maximum atomic E-state index is 5.77. The van der Waals surface area contributed by atoms with E-state index in [1.165, 1.54) is 5.56 Å². The summed E-state index contributed by atoms with van der Waals surface area (Å²) in [6.07, 6.45) is 2.03. The van der Waals surface area contributed by atoms with Gasteiger partial charge in [0.05, 0.1) is 6.04 Å². The maximum absolute atomic E-state index is 5.77. The minimum atomic E-state index is 0.145. The van der Waals surface area contributed by atoms with Crippen LogP contribution in [0.5, 0.6) is 0 Å². The minimum Gasteiger partial charge on any atom is -0.419 e. The quantitative estimate of drug-likeness (QED) is 0.862. The number of nitrogens with zero attached hydrogens (tertiary/aromatic N) is 2. The molecule has 19 heavy (non-hydrogen) atoms. The minimum absolute atomic E-state index is 0.145. The van der Waals surface area contributed by atoms with Crippen LogP contribution in [0.25, 0.3) is 11.5 Å². The molecule has 1 N–H and O–H groups in total. The molecule has 2 aromatic rings. The summed E-state index contributed by atoms with van der Waals surface area (Å²) < 4.78 is 5.77. The van der Waals surface area contributed by atoms with Crippen LogP contribution in [0.1, 0.15) is 44.2 Å². The first-order chi connectivity index (χ1) is 9.24. The predicted molar refractivity (Wildman–Crippen MR) is 75.8 cm³/mol. The van der Waals surface area contributed by atoms with Crippen LogP contribution in [0.2, 0.25) is 0 Å². The second-order valence-corrected chi connectivity index (χ2v) is 4.73. The second kappa shape index (κ2) is 6.48. The molecule has 1 atom stereocenters. The van der Waals surface area contributed by atoms with E-state index in [2.05, 4.69) is 36.3 Å². The topological polar surface area (TPSA) is 51.0 Å². The Morgan fingerprint density at radius 1 is 1.16 bits per heavy atom. The summed E-state index contributed by atoms with van der Waals surface area (Å²) in [5.41, 5.74) is 2.19. The average Bonchev–Trinajstić information content (AvgIpc) is 2.90. The lowest BCUT2D eigenvalue weighted by molar-refractivity contribution is 0.396. The van der Waals surface area contributed by atoms with Gasteiger partial charge >= 0.3 is 0 Å². The van der Waals surface area contributed by atoms with E-state index in [0.717, 1.165) is 24.9 Å². The first-order valence-corrected chi connectivity index (χ1v) is 6.88. The molecule has 4 heteroatoms. The van der Waals surface area contributed by atoms with Crippen molar-refractivity contribution in [3.63, 3.8) is 0 Å². The molecular formula is C15H21N3O. The van der Waals surface area contributed by atoms with Crippen molar-refractivity contribution in [2.75, 3.05) is 6.54 Å². The zero-order chi connectivity index (χ0) is 13.7. The highest BCUT2D eigenvalue weighted by Gasteiger charge is 2.16. The van der Waals surface area contributed by atoms with Gasteiger partial charge in [-0.25, -0.2) is 0 Å². The van der Waals surface area contributed by atoms with Crippen molar-refractivity contribution in [3.8, 4) is 11.5 Å². The van der Waals surface area contributed by atoms with Gasteiger partial charge in [-0.3, -0.25) is 0 Å². The molecule has 0 aliphatic heterocycles. The summed E-state index contributed by atoms with van der Waals surface area (Å²) in [5, 5.41) is 11.7. The van der Waals surface area contributed by atoms with Crippen molar-refractivity contribution < 1.29 is 4.42 Å². The Morgan fingerprint density at radius 2 is 1.89 bits per heavy atom. The molecule has 0 aliphatic carbocycles. The molecule has 1 aromatic carbocycles. The van der Waals surface area contributed by atoms with Crippen LogP contribution in [0, 0.1) is 6.92 Å². The number of nitrogens with one attached hydrogen (secondary N) is 1. The number of hydrogen-bond acceptors (Lipinski definition) is 4. The smallest absolute Gasteiger partial charge is 0.247 e. The Labute approximate surface area is 114 Å². The molecule has 102 valence electrons. The molecule has 0 amide bonds. The normalized spacial score (nSPS) is 12.6. The molecule has 1 unspecified atom stereocenters. The van der Waals surface area contributed by atoms with Gasteiger partial charge in [0.2, 0.25) is 11.8 Å². The molecule has 0 saturated heterocycles. The molecule has 4 nitrogen and oxygen atoms in total. The van der Waals surface area contributed by atoms with Crippen molar-refractivity contribution >= 4 is 0 Å². The largest absolute Gasteiger partial charge is 0.419 e. The van der Waals surface area contributed by atoms with E-state index in [1.54, 1.807) is 0 Å². The molecule has 0 radical (unpaired) electrons. The summed E-state index contributed by atoms with van der Waals surface area (Å²) in [6.45, 7) is 7.28. The van der Waals surface area contributed by atoms with Gasteiger partial charge in [-0.2, -0.15) is 0 Å². The second-order valence-electron chi connectivity index (χ2n) is 4.73. The molecule has 0 saturated carbocycles. The predicted octanol–water partition coefficient (Wildman–Crippen LogP) is 3.50. The molecule has 0 aliphatic rings. The van der Waals surface area contributed by atoms with Crippen molar-refractivity contribution in [3.05, 3.63) is 35.7 Å². The molecule has 1 heterocycles. The third-order valence-electron chi connectivity index (χ3n) is 3.09. The van der Waals surface area contributed by atoms with Crippen molar-refractivity contribution in [1.29, 1.82) is 0 Å². The van der Waals surface area contributed by atoms with Crippen LogP contribution in [0.4, 0.5) is 0 Å². The maximum Gasteiger partial charge on any atom is 0.247 e. The average molecular weight is 259 g/mol. The van der Waals surface area contributed by atoms with Gasteiger partial charge in [-0.05, 0) is 38.4 Å². The Kier molecular flexibility index (Phi) is 4.68. The van der Waals surface area contributed by atoms with E-state index < -0.39 is 0 Å². The zero-order valence-corrected chi connectivity index (χ0v) is 11.8. The highest BCUT2D eigenvalue weighted by Crippen LogP contribution is 2.22. The van der Waals surface area contributed by atoms with Crippen LogP contribution in [-0.4, -0.2) is 16.7 Å². The van der Waals surface area contributed by atoms with Crippen LogP contribution < -0.4 is 5.32 Å². The Hall–Kier alpha value is -1.68. The summed E-state index contributed by atoms with van der Waals surface area (Å²) in [5.74, 6) is 1.26. The van der Waals surface area contributed by atoms with E-state index in [9.17, 15) is 0 Å². The molecular weight excluding hydrogens is 238 g/mol. The van der Waals surface area contributed by atoms with Crippen LogP contribution >= 0.6 is 0 Å². The fourth-order valence-electron chi connectivity index (χ4n) is 1.91. The number of aromatic nitrogens is 2. The highest BCUT2D eigenvalue weighted by molar-refractivity contribution is 5.52. The standard InChI is InChI=1S/C15H21N3O/c1-4-10-16-13(5-2)15-18-17-14(19-15)12-8-6-11(3)7-9-12/h6-9,13,16H,4-5,10H2,1-3H3. The van der Waals surface area contributed by atoms with Gasteiger partial charge in [0.15, 0.2) is 0 Å². The number of aryl methyl sites for hydroxylation is 1. The lowest BCUT2D eigenvalue weighted by Gasteiger charge is -2.11. The fraction of sp³-hybridized carbons (Fsp3) is 0.467. The summed E-state index contributed by atoms with van der Waals surface area (Å²) in [7, 11) is 0. The zero-order valence-electron chi connectivity index (χ0n) is 11.8. The van der Waals surface area contributed by atoms with Crippen molar-refractivity contribution in [2.45, 2.75) is 39.7 Å². The van der Waals surface area contributed by atoms with Gasteiger partial charge in [-0.15, -0.1) is 10.2 Å². The third-order valence-corrected chi connectivity index (χ3v) is 3.09. The lowest BCUT2D eigenvalue weighted by Crippen LogP contribution is -2.21. The van der Waals surface area contributed by atoms with E-state index in [0.29, 0.717) is 11.8 Å². The summed E-state index contributed by atoms with van der Waals surface area (Å²) >= 11 is 0. The first kappa shape index (κ1) is 13.7. The lowest BCUT2D eigenvalue weighted by atomic mass is 10.1. The van der Waals surface area contributed by atoms with Gasteiger partial charge in [0.1, 0.15) is 0 Å². The van der Waals surface area contributed by atoms with Crippen molar-refractivity contribution in [2.24, 2.45) is 0 Å². The van der Waals surface area contributed by atoms with Crippen LogP contribution in [0.3, 0.4) is 0 Å². The van der Waals surface area contributed by atoms with E-state index in [-0.39, 0.29) is 6.04 Å². The van der Waals surface area contributed by atoms with Gasteiger partial charge in [0, 0.05) is 5.56 Å². The molecule has 0 fully saturated rings. The Bertz CT molecular complexity index is 504. The van der Waals surface area contributed by atoms with Crippen LogP contribution in [-0.2, 0) is 0 Å². The van der Waals surface area contributed by atoms with Gasteiger partial charge < -0.3 is 9.73 Å². The Morgan fingerprint density at radius 3 is 2.53 bits per heavy atom. The number of benzene rings is 1. The molecule has 2 rings (SSSR count). The van der Waals surface area contributed by atoms with E-state index in [4.69, 9.17) is 4.42 Å². The first-order valence-electron chi connectivity index (χ1n) is 6.88. The van der Waals surface area contributed by atoms with E-state index >= 15 is 0 Å². The molecule has 1 aromatic heterocycles. The van der Waals surface area contributed by atoms with Crippen molar-refractivity contribution in [1.82, 2.24) is 15.5 Å². The number of rotatable bonds is 6. The van der Waals surface area contributed by atoms with E-state index in [1.807, 2.05) is 24.3 Å². The highest BCUT2D eigenvalue weighted by atomic mass is 16.4. The van der Waals surface area contributed by atoms with Gasteiger partial charge in [-0.1, -0.05) is 31.5 Å².